The Balaban J connectivity index is 0.000000362. The standard InChI is InChI=1S/C13H8Cl2N3O.C4HN3O2.Li/c1-7-9-5-8(6-16-13(9)18-17-7)19-12-10(14)3-2-4-11(12)15;5-1-3(6)4(9)7-2-8;/h3-6H,1H3,(H,16,17,18);(H,7,8,9);/q-1;-2;+1. The number of pyridine rings is 1. The van der Waals surface area contributed by atoms with Gasteiger partial charge in [0.05, 0.1) is 30.3 Å². The van der Waals surface area contributed by atoms with Crippen LogP contribution in [-0.2, 0) is 9.59 Å². The molecule has 0 unspecified atom stereocenters. The zero-order valence-electron chi connectivity index (χ0n) is 15.1. The van der Waals surface area contributed by atoms with E-state index < -0.39 is 11.6 Å². The molecule has 142 valence electrons. The van der Waals surface area contributed by atoms with Gasteiger partial charge in [0, 0.05) is 11.1 Å². The van der Waals surface area contributed by atoms with Crippen LogP contribution in [0.2, 0.25) is 10.0 Å². The van der Waals surface area contributed by atoms with Crippen molar-refractivity contribution in [2.24, 2.45) is 0 Å². The summed E-state index contributed by atoms with van der Waals surface area (Å²) in [6, 6.07) is 8.97. The van der Waals surface area contributed by atoms with E-state index in [0.29, 0.717) is 27.2 Å². The second-order valence-electron chi connectivity index (χ2n) is 4.99. The third-order valence-electron chi connectivity index (χ3n) is 3.13. The Kier molecular flexibility index (Phi) is 9.33. The van der Waals surface area contributed by atoms with Crippen molar-refractivity contribution in [1.29, 1.82) is 5.26 Å². The summed E-state index contributed by atoms with van der Waals surface area (Å²) in [5.41, 5.74) is 0.508. The van der Waals surface area contributed by atoms with Crippen molar-refractivity contribution >= 4 is 52.3 Å². The first-order valence-electron chi connectivity index (χ1n) is 7.34. The first kappa shape index (κ1) is 24.2. The van der Waals surface area contributed by atoms with Crippen molar-refractivity contribution < 1.29 is 33.2 Å². The Labute approximate surface area is 187 Å². The van der Waals surface area contributed by atoms with Crippen molar-refractivity contribution in [2.45, 2.75) is 6.92 Å². The molecule has 12 heteroatoms. The topological polar surface area (TPSA) is 143 Å². The number of H-pyrrole nitrogens is 1. The largest absolute Gasteiger partial charge is 1.00 e. The van der Waals surface area contributed by atoms with E-state index in [-0.39, 0.29) is 18.9 Å². The van der Waals surface area contributed by atoms with Crippen LogP contribution in [-0.4, -0.2) is 33.2 Å². The van der Waals surface area contributed by atoms with Gasteiger partial charge in [-0.15, -0.1) is 5.71 Å². The summed E-state index contributed by atoms with van der Waals surface area (Å²) in [4.78, 5) is 23.6. The van der Waals surface area contributed by atoms with Crippen LogP contribution in [0.1, 0.15) is 5.69 Å². The number of amides is 2. The molecule has 0 radical (unpaired) electrons. The van der Waals surface area contributed by atoms with E-state index in [4.69, 9.17) is 38.6 Å². The van der Waals surface area contributed by atoms with Gasteiger partial charge in [-0.1, -0.05) is 0 Å². The van der Waals surface area contributed by atoms with E-state index in [2.05, 4.69) is 21.2 Å². The van der Waals surface area contributed by atoms with Gasteiger partial charge in [-0.3, -0.25) is 5.10 Å². The summed E-state index contributed by atoms with van der Waals surface area (Å²) in [5, 5.41) is 26.1. The van der Waals surface area contributed by atoms with Crippen molar-refractivity contribution in [3.05, 3.63) is 51.6 Å². The monoisotopic (exact) mass is 422 g/mol. The van der Waals surface area contributed by atoms with Gasteiger partial charge in [-0.05, 0) is 23.0 Å². The van der Waals surface area contributed by atoms with Gasteiger partial charge in [-0.2, -0.15) is 51.8 Å². The van der Waals surface area contributed by atoms with E-state index >= 15 is 0 Å². The quantitative estimate of drug-likeness (QED) is 0.259. The smallest absolute Gasteiger partial charge is 0.807 e. The van der Waals surface area contributed by atoms with Crippen LogP contribution < -0.4 is 28.9 Å². The molecule has 3 aromatic rings. The van der Waals surface area contributed by atoms with Gasteiger partial charge >= 0.3 is 18.9 Å². The predicted octanol–water partition coefficient (Wildman–Crippen LogP) is -0.127. The first-order valence-corrected chi connectivity index (χ1v) is 8.10. The van der Waals surface area contributed by atoms with Gasteiger partial charge in [0.15, 0.2) is 5.65 Å². The van der Waals surface area contributed by atoms with E-state index in [1.807, 2.05) is 13.0 Å². The third-order valence-corrected chi connectivity index (χ3v) is 3.70. The Morgan fingerprint density at radius 3 is 2.66 bits per heavy atom. The molecule has 2 N–H and O–H groups in total. The maximum atomic E-state index is 10.1. The minimum Gasteiger partial charge on any atom is -0.807 e. The zero-order chi connectivity index (χ0) is 20.7. The molecule has 0 saturated carbocycles. The SMILES string of the molecule is Cc1[nH]nc2ncc(Oc3c(Cl)c[c-]cc3Cl)cc12.N#CC(=[N-])C(=O)N[C-]=O.[Li+]. The van der Waals surface area contributed by atoms with Crippen LogP contribution in [0.5, 0.6) is 11.5 Å². The number of carbonyl (C=O) groups excluding carboxylic acids is 2. The van der Waals surface area contributed by atoms with Crippen molar-refractivity contribution in [3.63, 3.8) is 0 Å². The minimum atomic E-state index is -1.15. The molecular formula is C17H9Cl2LiN6O3-2. The van der Waals surface area contributed by atoms with E-state index in [1.165, 1.54) is 5.32 Å². The summed E-state index contributed by atoms with van der Waals surface area (Å²) >= 11 is 12.1. The maximum Gasteiger partial charge on any atom is 1.00 e. The molecule has 2 amide bonds. The number of ether oxygens (including phenoxy) is 1. The number of hydrogen-bond donors (Lipinski definition) is 2. The van der Waals surface area contributed by atoms with E-state index in [9.17, 15) is 9.59 Å². The number of rotatable bonds is 4. The maximum absolute atomic E-state index is 10.1. The fourth-order valence-electron chi connectivity index (χ4n) is 1.86. The molecule has 0 saturated heterocycles. The number of aryl methyl sites for hydroxylation is 1. The van der Waals surface area contributed by atoms with Crippen molar-refractivity contribution in [3.8, 4) is 17.6 Å². The van der Waals surface area contributed by atoms with Gasteiger partial charge in [0.1, 0.15) is 5.75 Å². The summed E-state index contributed by atoms with van der Waals surface area (Å²) in [6.07, 6.45) is 2.58. The number of halogens is 2. The van der Waals surface area contributed by atoms with Crippen LogP contribution >= 0.6 is 23.2 Å². The Morgan fingerprint density at radius 1 is 1.41 bits per heavy atom. The molecule has 2 heterocycles. The molecule has 0 aliphatic rings. The number of carbonyl (C=O) groups is 1. The number of benzene rings is 1. The van der Waals surface area contributed by atoms with Gasteiger partial charge in [0.2, 0.25) is 0 Å². The van der Waals surface area contributed by atoms with Gasteiger partial charge in [-0.25, -0.2) is 4.98 Å². The Bertz CT molecular complexity index is 1080. The first-order chi connectivity index (χ1) is 13.4. The molecule has 9 nitrogen and oxygen atoms in total. The molecule has 0 aliphatic heterocycles. The second-order valence-corrected chi connectivity index (χ2v) is 5.80. The molecule has 0 atom stereocenters. The number of fused-ring (bicyclic) bond motifs is 1. The summed E-state index contributed by atoms with van der Waals surface area (Å²) in [7, 11) is 0. The number of nitriles is 1. The van der Waals surface area contributed by atoms with Crippen LogP contribution in [0.25, 0.3) is 16.4 Å². The van der Waals surface area contributed by atoms with Crippen molar-refractivity contribution in [2.75, 3.05) is 0 Å². The van der Waals surface area contributed by atoms with Crippen molar-refractivity contribution in [1.82, 2.24) is 20.5 Å². The third kappa shape index (κ3) is 6.31. The average Bonchev–Trinajstić information content (AvgIpc) is 3.05. The van der Waals surface area contributed by atoms with E-state index in [1.54, 1.807) is 18.3 Å². The number of aromatic amines is 1. The van der Waals surface area contributed by atoms with Gasteiger partial charge in [0.25, 0.3) is 0 Å². The molecule has 29 heavy (non-hydrogen) atoms. The summed E-state index contributed by atoms with van der Waals surface area (Å²) in [5.74, 6) is -0.205. The molecule has 1 aromatic carbocycles. The average molecular weight is 423 g/mol. The number of aromatic nitrogens is 3. The Hall–Kier alpha value is -2.88. The second kappa shape index (κ2) is 11.2. The minimum absolute atomic E-state index is 0. The molecule has 2 aromatic heterocycles. The molecule has 0 spiro atoms. The summed E-state index contributed by atoms with van der Waals surface area (Å²) in [6.45, 7) is 1.91. The number of nitrogens with zero attached hydrogens (tertiary/aromatic N) is 4. The number of nitrogens with one attached hydrogen (secondary N) is 2. The fourth-order valence-corrected chi connectivity index (χ4v) is 2.32. The molecular weight excluding hydrogens is 414 g/mol. The molecule has 3 rings (SSSR count). The molecule has 0 fully saturated rings. The predicted molar refractivity (Wildman–Crippen MR) is 102 cm³/mol. The van der Waals surface area contributed by atoms with Crippen LogP contribution in [0, 0.1) is 24.3 Å². The van der Waals surface area contributed by atoms with Crippen LogP contribution in [0.3, 0.4) is 0 Å². The number of hydrogen-bond acceptors (Lipinski definition) is 6. The van der Waals surface area contributed by atoms with Crippen LogP contribution in [0.15, 0.2) is 24.4 Å². The number of imide groups is 1. The molecule has 0 bridgehead atoms. The van der Waals surface area contributed by atoms with Crippen LogP contribution in [0.4, 0.5) is 0 Å². The summed E-state index contributed by atoms with van der Waals surface area (Å²) < 4.78 is 5.68. The zero-order valence-corrected chi connectivity index (χ0v) is 16.6. The molecule has 0 aliphatic carbocycles. The normalized spacial score (nSPS) is 9.31. The van der Waals surface area contributed by atoms with E-state index in [0.717, 1.165) is 23.6 Å². The van der Waals surface area contributed by atoms with Gasteiger partial charge < -0.3 is 25.1 Å². The fraction of sp³-hybridized carbons (Fsp3) is 0.0588. The Morgan fingerprint density at radius 2 is 2.07 bits per heavy atom.